The molecule has 0 radical (unpaired) electrons. The number of anilines is 1. The summed E-state index contributed by atoms with van der Waals surface area (Å²) in [5.74, 6) is 2.22. The first-order valence-electron chi connectivity index (χ1n) is 5.17. The van der Waals surface area contributed by atoms with Gasteiger partial charge in [-0.25, -0.2) is 0 Å². The summed E-state index contributed by atoms with van der Waals surface area (Å²) < 4.78 is 5.08. The predicted molar refractivity (Wildman–Crippen MR) is 54.6 cm³/mol. The number of rotatable bonds is 2. The van der Waals surface area contributed by atoms with E-state index in [9.17, 15) is 0 Å². The first kappa shape index (κ1) is 9.52. The van der Waals surface area contributed by atoms with E-state index in [1.165, 1.54) is 12.8 Å². The second kappa shape index (κ2) is 4.00. The molecule has 2 heterocycles. The summed E-state index contributed by atoms with van der Waals surface area (Å²) in [5, 5.41) is 3.67. The molecule has 0 aromatic carbocycles. The molecular weight excluding hydrogens is 178 g/mol. The molecule has 4 heteroatoms. The van der Waals surface area contributed by atoms with Crippen molar-refractivity contribution in [1.29, 1.82) is 0 Å². The summed E-state index contributed by atoms with van der Waals surface area (Å²) in [6, 6.07) is 1.80. The molecule has 78 valence electrons. The van der Waals surface area contributed by atoms with E-state index >= 15 is 0 Å². The van der Waals surface area contributed by atoms with Crippen molar-refractivity contribution in [3.63, 3.8) is 0 Å². The van der Waals surface area contributed by atoms with Crippen molar-refractivity contribution < 1.29 is 4.52 Å². The van der Waals surface area contributed by atoms with E-state index in [4.69, 9.17) is 10.3 Å². The Morgan fingerprint density at radius 1 is 1.57 bits per heavy atom. The third-order valence-corrected chi connectivity index (χ3v) is 2.83. The molecule has 1 aliphatic heterocycles. The minimum Gasteiger partial charge on any atom is -0.381 e. The summed E-state index contributed by atoms with van der Waals surface area (Å²) in [6.07, 6.45) is 2.56. The normalized spacial score (nSPS) is 20.1. The van der Waals surface area contributed by atoms with E-state index in [0.29, 0.717) is 5.82 Å². The fourth-order valence-corrected chi connectivity index (χ4v) is 1.84. The van der Waals surface area contributed by atoms with Crippen LogP contribution < -0.4 is 5.73 Å². The zero-order valence-electron chi connectivity index (χ0n) is 8.57. The van der Waals surface area contributed by atoms with E-state index in [2.05, 4.69) is 17.0 Å². The third-order valence-electron chi connectivity index (χ3n) is 2.83. The average molecular weight is 195 g/mol. The minimum absolute atomic E-state index is 0.477. The Kier molecular flexibility index (Phi) is 2.72. The van der Waals surface area contributed by atoms with Crippen LogP contribution in [-0.4, -0.2) is 23.1 Å². The molecule has 2 rings (SSSR count). The van der Waals surface area contributed by atoms with Crippen LogP contribution in [0.1, 0.15) is 25.5 Å². The van der Waals surface area contributed by atoms with E-state index in [1.54, 1.807) is 6.07 Å². The van der Waals surface area contributed by atoms with Crippen molar-refractivity contribution in [2.75, 3.05) is 18.8 Å². The van der Waals surface area contributed by atoms with E-state index in [-0.39, 0.29) is 0 Å². The van der Waals surface area contributed by atoms with Crippen LogP contribution in [0.25, 0.3) is 0 Å². The number of piperidine rings is 1. The highest BCUT2D eigenvalue weighted by Gasteiger charge is 2.16. The van der Waals surface area contributed by atoms with Crippen molar-refractivity contribution in [2.45, 2.75) is 26.3 Å². The Morgan fingerprint density at radius 2 is 2.29 bits per heavy atom. The number of hydrogen-bond donors (Lipinski definition) is 1. The molecule has 0 unspecified atom stereocenters. The molecule has 0 amide bonds. The van der Waals surface area contributed by atoms with Crippen molar-refractivity contribution >= 4 is 5.82 Å². The van der Waals surface area contributed by atoms with Gasteiger partial charge >= 0.3 is 0 Å². The highest BCUT2D eigenvalue weighted by Crippen LogP contribution is 2.18. The molecule has 4 nitrogen and oxygen atoms in total. The van der Waals surface area contributed by atoms with Gasteiger partial charge in [0.2, 0.25) is 0 Å². The van der Waals surface area contributed by atoms with Gasteiger partial charge in [0, 0.05) is 6.07 Å². The molecule has 0 atom stereocenters. The summed E-state index contributed by atoms with van der Waals surface area (Å²) in [4.78, 5) is 2.39. The van der Waals surface area contributed by atoms with Crippen molar-refractivity contribution in [2.24, 2.45) is 5.92 Å². The first-order valence-corrected chi connectivity index (χ1v) is 5.17. The zero-order valence-corrected chi connectivity index (χ0v) is 8.57. The number of likely N-dealkylation sites (tertiary alicyclic amines) is 1. The molecule has 0 saturated carbocycles. The molecule has 14 heavy (non-hydrogen) atoms. The average Bonchev–Trinajstić information content (AvgIpc) is 2.56. The summed E-state index contributed by atoms with van der Waals surface area (Å²) in [7, 11) is 0. The molecule has 1 aromatic heterocycles. The van der Waals surface area contributed by atoms with Crippen LogP contribution in [-0.2, 0) is 6.54 Å². The number of hydrogen-bond acceptors (Lipinski definition) is 4. The fraction of sp³-hybridized carbons (Fsp3) is 0.700. The fourth-order valence-electron chi connectivity index (χ4n) is 1.84. The largest absolute Gasteiger partial charge is 0.381 e. The highest BCUT2D eigenvalue weighted by molar-refractivity contribution is 5.26. The Labute approximate surface area is 84.0 Å². The van der Waals surface area contributed by atoms with Gasteiger partial charge in [-0.15, -0.1) is 0 Å². The van der Waals surface area contributed by atoms with Crippen LogP contribution in [0.15, 0.2) is 10.6 Å². The molecule has 2 N–H and O–H groups in total. The van der Waals surface area contributed by atoms with Gasteiger partial charge < -0.3 is 10.3 Å². The molecule has 1 aromatic rings. The molecule has 0 spiro atoms. The van der Waals surface area contributed by atoms with Crippen LogP contribution in [0.3, 0.4) is 0 Å². The lowest BCUT2D eigenvalue weighted by molar-refractivity contribution is 0.168. The van der Waals surface area contributed by atoms with Crippen molar-refractivity contribution in [3.05, 3.63) is 11.8 Å². The van der Waals surface area contributed by atoms with Gasteiger partial charge in [-0.05, 0) is 31.8 Å². The molecule has 0 bridgehead atoms. The van der Waals surface area contributed by atoms with Crippen LogP contribution in [0.5, 0.6) is 0 Å². The SMILES string of the molecule is CC1CCN(Cc2cc(N)no2)CC1. The lowest BCUT2D eigenvalue weighted by Crippen LogP contribution is -2.32. The maximum Gasteiger partial charge on any atom is 0.167 e. The summed E-state index contributed by atoms with van der Waals surface area (Å²) in [6.45, 7) is 5.46. The Hall–Kier alpha value is -1.03. The van der Waals surface area contributed by atoms with Gasteiger partial charge in [-0.2, -0.15) is 0 Å². The van der Waals surface area contributed by atoms with Crippen LogP contribution in [0, 0.1) is 5.92 Å². The van der Waals surface area contributed by atoms with Gasteiger partial charge in [0.15, 0.2) is 11.6 Å². The topological polar surface area (TPSA) is 55.3 Å². The van der Waals surface area contributed by atoms with Gasteiger partial charge in [0.1, 0.15) is 0 Å². The third kappa shape index (κ3) is 2.26. The molecule has 1 fully saturated rings. The van der Waals surface area contributed by atoms with Gasteiger partial charge in [-0.3, -0.25) is 4.90 Å². The second-order valence-electron chi connectivity index (χ2n) is 4.18. The lowest BCUT2D eigenvalue weighted by Gasteiger charge is -2.29. The summed E-state index contributed by atoms with van der Waals surface area (Å²) in [5.41, 5.74) is 5.48. The van der Waals surface area contributed by atoms with Crippen LogP contribution in [0.2, 0.25) is 0 Å². The Balaban J connectivity index is 1.86. The second-order valence-corrected chi connectivity index (χ2v) is 4.18. The first-order chi connectivity index (χ1) is 6.74. The molecule has 0 aliphatic carbocycles. The lowest BCUT2D eigenvalue weighted by atomic mass is 9.99. The van der Waals surface area contributed by atoms with E-state index < -0.39 is 0 Å². The number of nitrogen functional groups attached to an aromatic ring is 1. The predicted octanol–water partition coefficient (Wildman–Crippen LogP) is 1.49. The molecule has 1 saturated heterocycles. The van der Waals surface area contributed by atoms with Crippen molar-refractivity contribution in [3.8, 4) is 0 Å². The maximum atomic E-state index is 5.48. The number of nitrogens with zero attached hydrogens (tertiary/aromatic N) is 2. The van der Waals surface area contributed by atoms with Crippen LogP contribution >= 0.6 is 0 Å². The molecular formula is C10H17N3O. The monoisotopic (exact) mass is 195 g/mol. The minimum atomic E-state index is 0.477. The smallest absolute Gasteiger partial charge is 0.167 e. The quantitative estimate of drug-likeness (QED) is 0.776. The molecule has 1 aliphatic rings. The Bertz CT molecular complexity index is 289. The van der Waals surface area contributed by atoms with Crippen LogP contribution in [0.4, 0.5) is 5.82 Å². The highest BCUT2D eigenvalue weighted by atomic mass is 16.5. The van der Waals surface area contributed by atoms with E-state index in [1.807, 2.05) is 0 Å². The van der Waals surface area contributed by atoms with Gasteiger partial charge in [0.05, 0.1) is 6.54 Å². The maximum absolute atomic E-state index is 5.48. The number of nitrogens with two attached hydrogens (primary N) is 1. The zero-order chi connectivity index (χ0) is 9.97. The number of aromatic nitrogens is 1. The van der Waals surface area contributed by atoms with E-state index in [0.717, 1.165) is 31.3 Å². The van der Waals surface area contributed by atoms with Gasteiger partial charge in [-0.1, -0.05) is 12.1 Å². The van der Waals surface area contributed by atoms with Crippen molar-refractivity contribution in [1.82, 2.24) is 10.1 Å². The summed E-state index contributed by atoms with van der Waals surface area (Å²) >= 11 is 0. The van der Waals surface area contributed by atoms with Gasteiger partial charge in [0.25, 0.3) is 0 Å². The Morgan fingerprint density at radius 3 is 2.86 bits per heavy atom. The standard InChI is InChI=1S/C10H17N3O/c1-8-2-4-13(5-3-8)7-9-6-10(11)12-14-9/h6,8H,2-5,7H2,1H3,(H2,11,12).